The number of benzene rings is 1. The Hall–Kier alpha value is -0.980. The van der Waals surface area contributed by atoms with E-state index in [-0.39, 0.29) is 6.04 Å². The summed E-state index contributed by atoms with van der Waals surface area (Å²) in [5.74, 6) is 1.10. The van der Waals surface area contributed by atoms with Gasteiger partial charge in [0, 0.05) is 10.9 Å². The lowest BCUT2D eigenvalue weighted by Gasteiger charge is -2.12. The summed E-state index contributed by atoms with van der Waals surface area (Å²) in [6.45, 7) is 4.61. The van der Waals surface area contributed by atoms with Crippen LogP contribution in [0.15, 0.2) is 29.2 Å². The number of nitriles is 1. The van der Waals surface area contributed by atoms with Crippen LogP contribution in [-0.2, 0) is 0 Å². The molecule has 2 nitrogen and oxygen atoms in total. The van der Waals surface area contributed by atoms with Gasteiger partial charge in [0.15, 0.2) is 0 Å². The zero-order valence-corrected chi connectivity index (χ0v) is 9.97. The predicted molar refractivity (Wildman–Crippen MR) is 64.9 cm³/mol. The van der Waals surface area contributed by atoms with Crippen LogP contribution >= 0.6 is 11.8 Å². The van der Waals surface area contributed by atoms with E-state index >= 15 is 0 Å². The van der Waals surface area contributed by atoms with Crippen LogP contribution in [0.3, 0.4) is 0 Å². The van der Waals surface area contributed by atoms with Gasteiger partial charge in [-0.05, 0) is 30.4 Å². The molecule has 0 fully saturated rings. The second kappa shape index (κ2) is 6.49. The fourth-order valence-corrected chi connectivity index (χ4v) is 2.00. The minimum Gasteiger partial charge on any atom is -0.298 e. The molecule has 1 aromatic rings. The average Bonchev–Trinajstić information content (AvgIpc) is 2.27. The Morgan fingerprint density at radius 3 is 2.60 bits per heavy atom. The molecule has 1 atom stereocenters. The van der Waals surface area contributed by atoms with E-state index in [2.05, 4.69) is 49.5 Å². The SMILES string of the molecule is CCSc1ccc([C@H](C)NCC#N)cc1. The fraction of sp³-hybridized carbons (Fsp3) is 0.417. The maximum Gasteiger partial charge on any atom is 0.0845 e. The van der Waals surface area contributed by atoms with E-state index in [1.807, 2.05) is 11.8 Å². The number of hydrogen-bond acceptors (Lipinski definition) is 3. The second-order valence-corrected chi connectivity index (χ2v) is 4.60. The number of thioether (sulfide) groups is 1. The largest absolute Gasteiger partial charge is 0.298 e. The van der Waals surface area contributed by atoms with Crippen LogP contribution in [0.5, 0.6) is 0 Å². The van der Waals surface area contributed by atoms with Crippen molar-refractivity contribution >= 4 is 11.8 Å². The van der Waals surface area contributed by atoms with Crippen LogP contribution < -0.4 is 5.32 Å². The van der Waals surface area contributed by atoms with Crippen molar-refractivity contribution in [2.45, 2.75) is 24.8 Å². The molecule has 0 bridgehead atoms. The van der Waals surface area contributed by atoms with Gasteiger partial charge in [0.05, 0.1) is 12.6 Å². The number of rotatable bonds is 5. The highest BCUT2D eigenvalue weighted by Gasteiger charge is 2.03. The highest BCUT2D eigenvalue weighted by atomic mass is 32.2. The molecule has 0 saturated carbocycles. The molecule has 0 aliphatic heterocycles. The smallest absolute Gasteiger partial charge is 0.0845 e. The minimum atomic E-state index is 0.241. The topological polar surface area (TPSA) is 35.8 Å². The Labute approximate surface area is 95.7 Å². The van der Waals surface area contributed by atoms with Gasteiger partial charge in [-0.3, -0.25) is 5.32 Å². The number of hydrogen-bond donors (Lipinski definition) is 1. The zero-order chi connectivity index (χ0) is 11.1. The van der Waals surface area contributed by atoms with Gasteiger partial charge in [0.2, 0.25) is 0 Å². The van der Waals surface area contributed by atoms with E-state index in [1.54, 1.807) is 0 Å². The summed E-state index contributed by atoms with van der Waals surface area (Å²) < 4.78 is 0. The van der Waals surface area contributed by atoms with Crippen molar-refractivity contribution in [3.05, 3.63) is 29.8 Å². The third-order valence-corrected chi connectivity index (χ3v) is 3.07. The van der Waals surface area contributed by atoms with Crippen LogP contribution in [0.25, 0.3) is 0 Å². The summed E-state index contributed by atoms with van der Waals surface area (Å²) in [6.07, 6.45) is 0. The fourth-order valence-electron chi connectivity index (χ4n) is 1.34. The molecule has 0 saturated heterocycles. The average molecular weight is 220 g/mol. The summed E-state index contributed by atoms with van der Waals surface area (Å²) in [4.78, 5) is 1.30. The summed E-state index contributed by atoms with van der Waals surface area (Å²) in [7, 11) is 0. The van der Waals surface area contributed by atoms with Crippen molar-refractivity contribution < 1.29 is 0 Å². The third-order valence-electron chi connectivity index (χ3n) is 2.18. The van der Waals surface area contributed by atoms with Gasteiger partial charge in [-0.15, -0.1) is 11.8 Å². The van der Waals surface area contributed by atoms with Gasteiger partial charge in [0.1, 0.15) is 0 Å². The third kappa shape index (κ3) is 3.94. The first-order valence-corrected chi connectivity index (χ1v) is 6.09. The lowest BCUT2D eigenvalue weighted by atomic mass is 10.1. The van der Waals surface area contributed by atoms with Crippen LogP contribution in [-0.4, -0.2) is 12.3 Å². The molecule has 15 heavy (non-hydrogen) atoms. The van der Waals surface area contributed by atoms with Crippen LogP contribution in [0, 0.1) is 11.3 Å². The monoisotopic (exact) mass is 220 g/mol. The van der Waals surface area contributed by atoms with Crippen molar-refractivity contribution in [3.8, 4) is 6.07 Å². The summed E-state index contributed by atoms with van der Waals surface area (Å²) in [5, 5.41) is 11.6. The molecular formula is C12H16N2S. The lowest BCUT2D eigenvalue weighted by Crippen LogP contribution is -2.18. The highest BCUT2D eigenvalue weighted by molar-refractivity contribution is 7.99. The molecule has 0 amide bonds. The maximum atomic E-state index is 8.46. The highest BCUT2D eigenvalue weighted by Crippen LogP contribution is 2.20. The molecule has 1 N–H and O–H groups in total. The first-order chi connectivity index (χ1) is 7.27. The van der Waals surface area contributed by atoms with Crippen molar-refractivity contribution in [3.63, 3.8) is 0 Å². The van der Waals surface area contributed by atoms with E-state index in [1.165, 1.54) is 10.5 Å². The molecule has 0 aliphatic rings. The molecule has 0 heterocycles. The Kier molecular flexibility index (Phi) is 5.23. The van der Waals surface area contributed by atoms with E-state index < -0.39 is 0 Å². The molecule has 0 unspecified atom stereocenters. The van der Waals surface area contributed by atoms with E-state index in [9.17, 15) is 0 Å². The molecule has 3 heteroatoms. The van der Waals surface area contributed by atoms with E-state index in [0.29, 0.717) is 6.54 Å². The number of nitrogens with zero attached hydrogens (tertiary/aromatic N) is 1. The molecule has 0 spiro atoms. The summed E-state index contributed by atoms with van der Waals surface area (Å²) >= 11 is 1.84. The molecule has 1 aromatic carbocycles. The molecule has 0 aliphatic carbocycles. The first kappa shape index (κ1) is 12.1. The van der Waals surface area contributed by atoms with E-state index in [0.717, 1.165) is 5.75 Å². The first-order valence-electron chi connectivity index (χ1n) is 5.11. The molecule has 80 valence electrons. The minimum absolute atomic E-state index is 0.241. The Balaban J connectivity index is 2.59. The standard InChI is InChI=1S/C12H16N2S/c1-3-15-12-6-4-11(5-7-12)10(2)14-9-8-13/h4-7,10,14H,3,9H2,1-2H3/t10-/m0/s1. The molecular weight excluding hydrogens is 204 g/mol. The van der Waals surface area contributed by atoms with Gasteiger partial charge < -0.3 is 0 Å². The van der Waals surface area contributed by atoms with Gasteiger partial charge in [-0.25, -0.2) is 0 Å². The van der Waals surface area contributed by atoms with Crippen molar-refractivity contribution in [2.75, 3.05) is 12.3 Å². The van der Waals surface area contributed by atoms with Crippen LogP contribution in [0.2, 0.25) is 0 Å². The zero-order valence-electron chi connectivity index (χ0n) is 9.16. The van der Waals surface area contributed by atoms with Crippen LogP contribution in [0.1, 0.15) is 25.5 Å². The Bertz CT molecular complexity index is 326. The van der Waals surface area contributed by atoms with Crippen molar-refractivity contribution in [2.24, 2.45) is 0 Å². The van der Waals surface area contributed by atoms with Gasteiger partial charge >= 0.3 is 0 Å². The predicted octanol–water partition coefficient (Wildman–Crippen LogP) is 2.97. The van der Waals surface area contributed by atoms with Crippen LogP contribution in [0.4, 0.5) is 0 Å². The van der Waals surface area contributed by atoms with Gasteiger partial charge in [-0.2, -0.15) is 5.26 Å². The summed E-state index contributed by atoms with van der Waals surface area (Å²) in [5.41, 5.74) is 1.23. The lowest BCUT2D eigenvalue weighted by molar-refractivity contribution is 0.620. The summed E-state index contributed by atoms with van der Waals surface area (Å²) in [6, 6.07) is 10.8. The van der Waals surface area contributed by atoms with Crippen molar-refractivity contribution in [1.82, 2.24) is 5.32 Å². The number of nitrogens with one attached hydrogen (secondary N) is 1. The molecule has 0 radical (unpaired) electrons. The Morgan fingerprint density at radius 1 is 1.40 bits per heavy atom. The van der Waals surface area contributed by atoms with E-state index in [4.69, 9.17) is 5.26 Å². The van der Waals surface area contributed by atoms with Crippen molar-refractivity contribution in [1.29, 1.82) is 5.26 Å². The maximum absolute atomic E-state index is 8.46. The second-order valence-electron chi connectivity index (χ2n) is 3.26. The quantitative estimate of drug-likeness (QED) is 0.612. The molecule has 0 aromatic heterocycles. The van der Waals surface area contributed by atoms with Gasteiger partial charge in [0.25, 0.3) is 0 Å². The molecule has 1 rings (SSSR count). The van der Waals surface area contributed by atoms with Gasteiger partial charge in [-0.1, -0.05) is 19.1 Å². The normalized spacial score (nSPS) is 12.1. The Morgan fingerprint density at radius 2 is 2.07 bits per heavy atom.